The van der Waals surface area contributed by atoms with Crippen LogP contribution < -0.4 is 0 Å². The summed E-state index contributed by atoms with van der Waals surface area (Å²) in [4.78, 5) is 0. The van der Waals surface area contributed by atoms with Gasteiger partial charge in [0.15, 0.2) is 0 Å². The molecule has 1 heterocycles. The Kier molecular flexibility index (Phi) is 4.32. The van der Waals surface area contributed by atoms with Gasteiger partial charge in [0.1, 0.15) is 5.82 Å². The second-order valence-electron chi connectivity index (χ2n) is 4.52. The molecule has 1 aromatic heterocycles. The third-order valence-corrected chi connectivity index (χ3v) is 3.32. The van der Waals surface area contributed by atoms with Gasteiger partial charge in [-0.05, 0) is 30.5 Å². The Morgan fingerprint density at radius 1 is 1.16 bits per heavy atom. The molecule has 1 aromatic carbocycles. The molecule has 4 heteroatoms. The van der Waals surface area contributed by atoms with Crippen LogP contribution in [0.25, 0.3) is 0 Å². The number of hydrogen-bond acceptors (Lipinski definition) is 2. The lowest BCUT2D eigenvalue weighted by molar-refractivity contribution is 0.279. The summed E-state index contributed by atoms with van der Waals surface area (Å²) in [7, 11) is 0. The first-order valence-corrected chi connectivity index (χ1v) is 6.62. The van der Waals surface area contributed by atoms with Crippen molar-refractivity contribution in [3.8, 4) is 0 Å². The van der Waals surface area contributed by atoms with Gasteiger partial charge in [0, 0.05) is 11.3 Å². The second kappa shape index (κ2) is 5.97. The third kappa shape index (κ3) is 2.84. The molecule has 0 bridgehead atoms. The van der Waals surface area contributed by atoms with E-state index in [-0.39, 0.29) is 12.4 Å². The summed E-state index contributed by atoms with van der Waals surface area (Å²) >= 11 is 0. The van der Waals surface area contributed by atoms with Gasteiger partial charge in [0.2, 0.25) is 0 Å². The highest BCUT2D eigenvalue weighted by Gasteiger charge is 2.14. The number of aromatic nitrogens is 2. The smallest absolute Gasteiger partial charge is 0.123 e. The van der Waals surface area contributed by atoms with Crippen molar-refractivity contribution in [2.45, 2.75) is 39.8 Å². The van der Waals surface area contributed by atoms with E-state index in [9.17, 15) is 9.50 Å². The number of benzene rings is 1. The fourth-order valence-corrected chi connectivity index (χ4v) is 2.34. The zero-order chi connectivity index (χ0) is 13.8. The number of aryl methyl sites for hydroxylation is 1. The number of halogens is 1. The van der Waals surface area contributed by atoms with E-state index in [4.69, 9.17) is 0 Å². The molecule has 1 N–H and O–H groups in total. The molecular weight excluding hydrogens is 243 g/mol. The molecule has 0 radical (unpaired) electrons. The van der Waals surface area contributed by atoms with Crippen molar-refractivity contribution < 1.29 is 9.50 Å². The highest BCUT2D eigenvalue weighted by Crippen LogP contribution is 2.17. The molecule has 0 unspecified atom stereocenters. The van der Waals surface area contributed by atoms with Crippen LogP contribution in [0.4, 0.5) is 4.39 Å². The number of aliphatic hydroxyl groups excluding tert-OH is 1. The van der Waals surface area contributed by atoms with Crippen molar-refractivity contribution in [2.24, 2.45) is 0 Å². The van der Waals surface area contributed by atoms with E-state index in [1.165, 1.54) is 12.1 Å². The summed E-state index contributed by atoms with van der Waals surface area (Å²) in [6, 6.07) is 6.44. The molecular formula is C15H19FN2O. The molecule has 2 aromatic rings. The molecule has 19 heavy (non-hydrogen) atoms. The Morgan fingerprint density at radius 2 is 1.84 bits per heavy atom. The fraction of sp³-hybridized carbons (Fsp3) is 0.400. The minimum atomic E-state index is -0.231. The van der Waals surface area contributed by atoms with E-state index in [0.717, 1.165) is 35.4 Å². The molecule has 0 aliphatic rings. The first kappa shape index (κ1) is 13.7. The van der Waals surface area contributed by atoms with Gasteiger partial charge in [-0.2, -0.15) is 5.10 Å². The zero-order valence-corrected chi connectivity index (χ0v) is 11.4. The van der Waals surface area contributed by atoms with Gasteiger partial charge in [-0.15, -0.1) is 0 Å². The van der Waals surface area contributed by atoms with Crippen LogP contribution in [0.1, 0.15) is 36.4 Å². The molecule has 102 valence electrons. The molecule has 2 rings (SSSR count). The summed E-state index contributed by atoms with van der Waals surface area (Å²) in [6.45, 7) is 4.71. The molecule has 0 saturated heterocycles. The largest absolute Gasteiger partial charge is 0.392 e. The number of aliphatic hydroxyl groups is 1. The highest BCUT2D eigenvalue weighted by molar-refractivity contribution is 5.27. The van der Waals surface area contributed by atoms with E-state index < -0.39 is 0 Å². The van der Waals surface area contributed by atoms with Crippen molar-refractivity contribution in [1.82, 2.24) is 9.78 Å². The molecule has 0 saturated carbocycles. The summed E-state index contributed by atoms with van der Waals surface area (Å²) < 4.78 is 14.8. The van der Waals surface area contributed by atoms with E-state index in [1.807, 2.05) is 11.6 Å². The van der Waals surface area contributed by atoms with Gasteiger partial charge in [0.05, 0.1) is 18.8 Å². The predicted molar refractivity (Wildman–Crippen MR) is 72.4 cm³/mol. The molecule has 0 fully saturated rings. The zero-order valence-electron chi connectivity index (χ0n) is 11.4. The van der Waals surface area contributed by atoms with E-state index in [1.54, 1.807) is 12.1 Å². The summed E-state index contributed by atoms with van der Waals surface area (Å²) in [5.74, 6) is -0.231. The van der Waals surface area contributed by atoms with Crippen molar-refractivity contribution >= 4 is 0 Å². The van der Waals surface area contributed by atoms with E-state index in [2.05, 4.69) is 12.0 Å². The highest BCUT2D eigenvalue weighted by atomic mass is 19.1. The van der Waals surface area contributed by atoms with Crippen molar-refractivity contribution in [2.75, 3.05) is 0 Å². The average molecular weight is 262 g/mol. The third-order valence-electron chi connectivity index (χ3n) is 3.32. The summed E-state index contributed by atoms with van der Waals surface area (Å²) in [5, 5.41) is 14.0. The number of rotatable bonds is 5. The molecule has 0 spiro atoms. The van der Waals surface area contributed by atoms with Crippen LogP contribution in [0, 0.1) is 5.82 Å². The molecule has 0 aliphatic carbocycles. The summed E-state index contributed by atoms with van der Waals surface area (Å²) in [5.41, 5.74) is 3.95. The van der Waals surface area contributed by atoms with Gasteiger partial charge in [-0.25, -0.2) is 4.39 Å². The predicted octanol–water partition coefficient (Wildman–Crippen LogP) is 2.69. The van der Waals surface area contributed by atoms with Crippen molar-refractivity contribution in [1.29, 1.82) is 0 Å². The summed E-state index contributed by atoms with van der Waals surface area (Å²) in [6.07, 6.45) is 1.63. The first-order chi connectivity index (χ1) is 9.19. The maximum Gasteiger partial charge on any atom is 0.123 e. The van der Waals surface area contributed by atoms with Crippen LogP contribution in [0.2, 0.25) is 0 Å². The normalized spacial score (nSPS) is 10.9. The first-order valence-electron chi connectivity index (χ1n) is 6.62. The lowest BCUT2D eigenvalue weighted by Gasteiger charge is -2.07. The fourth-order valence-electron chi connectivity index (χ4n) is 2.34. The molecule has 0 atom stereocenters. The lowest BCUT2D eigenvalue weighted by Crippen LogP contribution is -2.06. The Labute approximate surface area is 112 Å². The van der Waals surface area contributed by atoms with Gasteiger partial charge < -0.3 is 5.11 Å². The average Bonchev–Trinajstić information content (AvgIpc) is 2.78. The van der Waals surface area contributed by atoms with Crippen molar-refractivity contribution in [3.63, 3.8) is 0 Å². The second-order valence-corrected chi connectivity index (χ2v) is 4.52. The van der Waals surface area contributed by atoms with Gasteiger partial charge >= 0.3 is 0 Å². The monoisotopic (exact) mass is 262 g/mol. The number of hydrogen-bond donors (Lipinski definition) is 1. The maximum absolute atomic E-state index is 12.9. The maximum atomic E-state index is 12.9. The SMILES string of the molecule is CCc1nn(Cc2ccc(F)cc2)c(CC)c1CO. The minimum Gasteiger partial charge on any atom is -0.392 e. The van der Waals surface area contributed by atoms with Crippen LogP contribution in [0.15, 0.2) is 24.3 Å². The Balaban J connectivity index is 2.34. The molecule has 0 aliphatic heterocycles. The lowest BCUT2D eigenvalue weighted by atomic mass is 10.1. The Bertz CT molecular complexity index is 546. The quantitative estimate of drug-likeness (QED) is 0.899. The topological polar surface area (TPSA) is 38.0 Å². The van der Waals surface area contributed by atoms with Crippen LogP contribution in [-0.2, 0) is 26.0 Å². The van der Waals surface area contributed by atoms with Crippen LogP contribution in [-0.4, -0.2) is 14.9 Å². The van der Waals surface area contributed by atoms with Crippen LogP contribution in [0.3, 0.4) is 0 Å². The molecule has 3 nitrogen and oxygen atoms in total. The number of nitrogens with zero attached hydrogens (tertiary/aromatic N) is 2. The van der Waals surface area contributed by atoms with Crippen molar-refractivity contribution in [3.05, 3.63) is 52.6 Å². The molecule has 0 amide bonds. The van der Waals surface area contributed by atoms with Crippen LogP contribution >= 0.6 is 0 Å². The standard InChI is InChI=1S/C15H19FN2O/c1-3-14-13(10-19)15(4-2)18(17-14)9-11-5-7-12(16)8-6-11/h5-8,19H,3-4,9-10H2,1-2H3. The van der Waals surface area contributed by atoms with Gasteiger partial charge in [-0.1, -0.05) is 26.0 Å². The van der Waals surface area contributed by atoms with E-state index in [0.29, 0.717) is 6.54 Å². The van der Waals surface area contributed by atoms with Gasteiger partial charge in [-0.3, -0.25) is 4.68 Å². The van der Waals surface area contributed by atoms with Crippen LogP contribution in [0.5, 0.6) is 0 Å². The Hall–Kier alpha value is -1.68. The Morgan fingerprint density at radius 3 is 2.37 bits per heavy atom. The van der Waals surface area contributed by atoms with E-state index >= 15 is 0 Å². The van der Waals surface area contributed by atoms with Gasteiger partial charge in [0.25, 0.3) is 0 Å². The minimum absolute atomic E-state index is 0.0236.